The predicted octanol–water partition coefficient (Wildman–Crippen LogP) is 4.50. The Labute approximate surface area is 169 Å². The summed E-state index contributed by atoms with van der Waals surface area (Å²) in [6, 6.07) is 5.71. The largest absolute Gasteiger partial charge is 0.351 e. The van der Waals surface area contributed by atoms with E-state index in [1.807, 2.05) is 18.2 Å². The number of benzene rings is 1. The third kappa shape index (κ3) is 5.94. The monoisotopic (exact) mass is 393 g/mol. The van der Waals surface area contributed by atoms with Crippen molar-refractivity contribution in [3.63, 3.8) is 0 Å². The van der Waals surface area contributed by atoms with Gasteiger partial charge in [-0.3, -0.25) is 4.79 Å². The maximum Gasteiger partial charge on any atom is 0.252 e. The highest BCUT2D eigenvalue weighted by Crippen LogP contribution is 2.48. The van der Waals surface area contributed by atoms with Gasteiger partial charge in [0.25, 0.3) is 5.91 Å². The van der Waals surface area contributed by atoms with Gasteiger partial charge in [-0.2, -0.15) is 0 Å². The quantitative estimate of drug-likeness (QED) is 0.569. The molecule has 0 radical (unpaired) electrons. The molecule has 27 heavy (non-hydrogen) atoms. The van der Waals surface area contributed by atoms with Crippen molar-refractivity contribution >= 4 is 17.5 Å². The highest BCUT2D eigenvalue weighted by Gasteiger charge is 2.39. The van der Waals surface area contributed by atoms with Crippen LogP contribution < -0.4 is 16.4 Å². The Morgan fingerprint density at radius 1 is 1.26 bits per heavy atom. The van der Waals surface area contributed by atoms with E-state index in [1.54, 1.807) is 0 Å². The minimum atomic E-state index is -0.0409. The third-order valence-electron chi connectivity index (χ3n) is 6.15. The zero-order valence-electron chi connectivity index (χ0n) is 15.7. The number of halogens is 1. The summed E-state index contributed by atoms with van der Waals surface area (Å²) in [7, 11) is 0. The molecule has 2 aliphatic carbocycles. The molecular weight excluding hydrogens is 358 g/mol. The number of hydrogen-bond acceptors (Lipinski definition) is 3. The van der Waals surface area contributed by atoms with Crippen molar-refractivity contribution in [1.82, 2.24) is 10.6 Å². The van der Waals surface area contributed by atoms with Crippen molar-refractivity contribution < 1.29 is 4.79 Å². The molecule has 0 unspecified atom stereocenters. The molecule has 0 aliphatic heterocycles. The summed E-state index contributed by atoms with van der Waals surface area (Å²) in [4.78, 5) is 12.8. The second kappa shape index (κ2) is 10.4. The van der Waals surface area contributed by atoms with Crippen molar-refractivity contribution in [1.29, 1.82) is 0 Å². The second-order valence-electron chi connectivity index (χ2n) is 8.17. The summed E-state index contributed by atoms with van der Waals surface area (Å²) in [6.07, 6.45) is 10.1. The lowest BCUT2D eigenvalue weighted by molar-refractivity contribution is 0.0681. The Balaban J connectivity index is 0.00000261. The van der Waals surface area contributed by atoms with Crippen LogP contribution in [0, 0.1) is 11.3 Å². The normalized spacial score (nSPS) is 24.1. The molecule has 4 N–H and O–H groups in total. The Bertz CT molecular complexity index is 610. The van der Waals surface area contributed by atoms with Crippen molar-refractivity contribution in [3.05, 3.63) is 34.3 Å². The van der Waals surface area contributed by atoms with Crippen LogP contribution in [0.1, 0.15) is 74.7 Å². The van der Waals surface area contributed by atoms with Crippen LogP contribution in [0.5, 0.6) is 0 Å². The Kier molecular flexibility index (Phi) is 8.59. The number of fused-ring (bicyclic) bond motifs is 2. The maximum atomic E-state index is 12.8. The molecule has 2 bridgehead atoms. The lowest BCUT2D eigenvalue weighted by atomic mass is 9.62. The fourth-order valence-corrected chi connectivity index (χ4v) is 4.95. The average Bonchev–Trinajstić information content (AvgIpc) is 2.65. The lowest BCUT2D eigenvalue weighted by Gasteiger charge is -2.45. The summed E-state index contributed by atoms with van der Waals surface area (Å²) in [5, 5.41) is 7.07. The summed E-state index contributed by atoms with van der Waals surface area (Å²) in [5.74, 6) is 0.835. The molecule has 2 fully saturated rings. The molecular formula is C22H36ClN3O. The van der Waals surface area contributed by atoms with Crippen LogP contribution >= 0.6 is 11.6 Å². The van der Waals surface area contributed by atoms with Crippen molar-refractivity contribution in [2.75, 3.05) is 19.6 Å². The van der Waals surface area contributed by atoms with Gasteiger partial charge in [0.05, 0.1) is 10.6 Å². The molecule has 5 heteroatoms. The molecule has 4 nitrogen and oxygen atoms in total. The smallest absolute Gasteiger partial charge is 0.252 e. The average molecular weight is 394 g/mol. The number of carbonyl (C=O) groups is 1. The zero-order valence-corrected chi connectivity index (χ0v) is 16.4. The molecule has 1 amide bonds. The maximum absolute atomic E-state index is 12.8. The first-order valence-corrected chi connectivity index (χ1v) is 10.5. The predicted molar refractivity (Wildman–Crippen MR) is 114 cm³/mol. The van der Waals surface area contributed by atoms with Crippen LogP contribution in [-0.4, -0.2) is 25.5 Å². The van der Waals surface area contributed by atoms with Crippen LogP contribution in [0.25, 0.3) is 0 Å². The third-order valence-corrected chi connectivity index (χ3v) is 6.48. The molecule has 0 saturated heterocycles. The molecule has 0 aromatic heterocycles. The van der Waals surface area contributed by atoms with Crippen molar-refractivity contribution in [2.45, 2.75) is 65.3 Å². The summed E-state index contributed by atoms with van der Waals surface area (Å²) >= 11 is 6.30. The summed E-state index contributed by atoms with van der Waals surface area (Å²) in [6.45, 7) is 3.08. The number of hydrogen-bond donors (Lipinski definition) is 3. The summed E-state index contributed by atoms with van der Waals surface area (Å²) in [5.41, 5.74) is 7.50. The van der Waals surface area contributed by atoms with Gasteiger partial charge < -0.3 is 16.4 Å². The molecule has 0 atom stereocenters. The second-order valence-corrected chi connectivity index (χ2v) is 8.58. The van der Waals surface area contributed by atoms with Gasteiger partial charge in [0.1, 0.15) is 0 Å². The van der Waals surface area contributed by atoms with Gasteiger partial charge in [0, 0.05) is 13.1 Å². The molecule has 1 aromatic carbocycles. The van der Waals surface area contributed by atoms with Gasteiger partial charge in [-0.05, 0) is 67.8 Å². The minimum Gasteiger partial charge on any atom is -0.351 e. The van der Waals surface area contributed by atoms with Crippen LogP contribution in [0.15, 0.2) is 18.2 Å². The van der Waals surface area contributed by atoms with Crippen molar-refractivity contribution in [3.8, 4) is 0 Å². The van der Waals surface area contributed by atoms with Gasteiger partial charge in [0.2, 0.25) is 0 Å². The van der Waals surface area contributed by atoms with E-state index < -0.39 is 0 Å². The van der Waals surface area contributed by atoms with Crippen LogP contribution in [0.3, 0.4) is 0 Å². The van der Waals surface area contributed by atoms with E-state index >= 15 is 0 Å². The van der Waals surface area contributed by atoms with Crippen molar-refractivity contribution in [2.24, 2.45) is 17.1 Å². The van der Waals surface area contributed by atoms with E-state index in [-0.39, 0.29) is 13.3 Å². The molecule has 0 spiro atoms. The number of amides is 1. The van der Waals surface area contributed by atoms with Crippen LogP contribution in [0.2, 0.25) is 5.02 Å². The van der Waals surface area contributed by atoms with Gasteiger partial charge in [-0.25, -0.2) is 0 Å². The van der Waals surface area contributed by atoms with Crippen LogP contribution in [0.4, 0.5) is 0 Å². The van der Waals surface area contributed by atoms with E-state index in [9.17, 15) is 4.79 Å². The zero-order chi connectivity index (χ0) is 18.4. The first-order valence-electron chi connectivity index (χ1n) is 10.1. The number of carbonyl (C=O) groups excluding carboxylic acids is 1. The molecule has 2 saturated carbocycles. The SMILES string of the molecule is C.NCCCNCc1ccc(Cl)c(C(=O)NCC23CCCC(CCC2)C3)c1. The summed E-state index contributed by atoms with van der Waals surface area (Å²) < 4.78 is 0. The highest BCUT2D eigenvalue weighted by molar-refractivity contribution is 6.33. The Hall–Kier alpha value is -1.10. The fourth-order valence-electron chi connectivity index (χ4n) is 4.75. The lowest BCUT2D eigenvalue weighted by Crippen LogP contribution is -2.43. The Morgan fingerprint density at radius 3 is 2.70 bits per heavy atom. The fraction of sp³-hybridized carbons (Fsp3) is 0.682. The van der Waals surface area contributed by atoms with Gasteiger partial charge >= 0.3 is 0 Å². The molecule has 2 aliphatic rings. The molecule has 3 rings (SSSR count). The van der Waals surface area contributed by atoms with Gasteiger partial charge in [-0.15, -0.1) is 0 Å². The number of nitrogens with one attached hydrogen (secondary N) is 2. The Morgan fingerprint density at radius 2 is 2.00 bits per heavy atom. The van der Waals surface area contributed by atoms with E-state index in [0.717, 1.165) is 37.5 Å². The van der Waals surface area contributed by atoms with E-state index in [1.165, 1.54) is 44.9 Å². The highest BCUT2D eigenvalue weighted by atomic mass is 35.5. The number of nitrogens with two attached hydrogens (primary N) is 1. The molecule has 0 heterocycles. The molecule has 152 valence electrons. The van der Waals surface area contributed by atoms with Gasteiger partial charge in [-0.1, -0.05) is 50.8 Å². The number of rotatable bonds is 8. The topological polar surface area (TPSA) is 67.1 Å². The van der Waals surface area contributed by atoms with E-state index in [4.69, 9.17) is 17.3 Å². The van der Waals surface area contributed by atoms with Crippen LogP contribution in [-0.2, 0) is 6.54 Å². The first kappa shape index (κ1) is 22.2. The standard InChI is InChI=1S/C21H32ClN3O.CH4/c22-19-7-6-17(14-24-11-3-10-23)12-18(19)20(26)25-15-21-8-1-4-16(13-21)5-2-9-21;/h6-7,12,16,24H,1-5,8-11,13-15,23H2,(H,25,26);1H4. The van der Waals surface area contributed by atoms with E-state index in [2.05, 4.69) is 10.6 Å². The van der Waals surface area contributed by atoms with Gasteiger partial charge in [0.15, 0.2) is 0 Å². The first-order chi connectivity index (χ1) is 12.6. The molecule has 1 aromatic rings. The van der Waals surface area contributed by atoms with E-state index in [0.29, 0.717) is 22.5 Å². The minimum absolute atomic E-state index is 0.